The normalized spacial score (nSPS) is 11.7. The number of halogens is 2. The molecule has 6 nitrogen and oxygen atoms in total. The molecule has 0 aliphatic carbocycles. The van der Waals surface area contributed by atoms with Crippen LogP contribution in [0.5, 0.6) is 0 Å². The van der Waals surface area contributed by atoms with Gasteiger partial charge in [0.25, 0.3) is 0 Å². The van der Waals surface area contributed by atoms with Crippen LogP contribution in [-0.4, -0.2) is 33.9 Å². The third kappa shape index (κ3) is 4.37. The lowest BCUT2D eigenvalue weighted by Gasteiger charge is -2.19. The Morgan fingerprint density at radius 1 is 1.25 bits per heavy atom. The summed E-state index contributed by atoms with van der Waals surface area (Å²) in [6.45, 7) is 1.82. The van der Waals surface area contributed by atoms with Crippen LogP contribution < -0.4 is 10.7 Å². The Labute approximate surface area is 152 Å². The molecule has 0 aliphatic heterocycles. The van der Waals surface area contributed by atoms with E-state index in [2.05, 4.69) is 15.7 Å². The molecule has 1 aromatic carbocycles. The van der Waals surface area contributed by atoms with Gasteiger partial charge < -0.3 is 5.32 Å². The molecule has 0 spiro atoms. The molecule has 1 amide bonds. The van der Waals surface area contributed by atoms with Crippen molar-refractivity contribution in [2.75, 3.05) is 24.0 Å². The highest BCUT2D eigenvalue weighted by molar-refractivity contribution is 7.84. The molecule has 2 aromatic rings. The average molecular weight is 387 g/mol. The number of benzene rings is 1. The van der Waals surface area contributed by atoms with Gasteiger partial charge in [0.1, 0.15) is 5.15 Å². The minimum Gasteiger partial charge on any atom is -0.354 e. The molecule has 0 radical (unpaired) electrons. The third-order valence-corrected chi connectivity index (χ3v) is 4.59. The number of rotatable bonds is 6. The molecule has 0 saturated heterocycles. The summed E-state index contributed by atoms with van der Waals surface area (Å²) in [7, 11) is 0.337. The Morgan fingerprint density at radius 3 is 2.58 bits per heavy atom. The molecular formula is C15H16Cl2N4O2S. The largest absolute Gasteiger partial charge is 0.354 e. The van der Waals surface area contributed by atoms with Crippen LogP contribution in [0.3, 0.4) is 0 Å². The van der Waals surface area contributed by atoms with Crippen LogP contribution in [0.1, 0.15) is 5.56 Å². The van der Waals surface area contributed by atoms with E-state index in [1.54, 1.807) is 37.6 Å². The van der Waals surface area contributed by atoms with Crippen LogP contribution in [-0.2, 0) is 15.6 Å². The van der Waals surface area contributed by atoms with E-state index in [9.17, 15) is 9.00 Å². The Morgan fingerprint density at radius 2 is 1.96 bits per heavy atom. The molecule has 2 rings (SSSR count). The Hall–Kier alpha value is -1.83. The second-order valence-corrected chi connectivity index (χ2v) is 7.19. The van der Waals surface area contributed by atoms with Gasteiger partial charge in [-0.15, -0.1) is 0 Å². The summed E-state index contributed by atoms with van der Waals surface area (Å²) in [5.41, 5.74) is 4.89. The van der Waals surface area contributed by atoms with E-state index >= 15 is 0 Å². The van der Waals surface area contributed by atoms with Gasteiger partial charge in [-0.1, -0.05) is 23.2 Å². The van der Waals surface area contributed by atoms with Crippen molar-refractivity contribution in [2.24, 2.45) is 0 Å². The molecular weight excluding hydrogens is 371 g/mol. The van der Waals surface area contributed by atoms with Crippen molar-refractivity contribution in [1.82, 2.24) is 9.99 Å². The van der Waals surface area contributed by atoms with Crippen molar-refractivity contribution < 1.29 is 9.00 Å². The van der Waals surface area contributed by atoms with Crippen molar-refractivity contribution in [2.45, 2.75) is 11.8 Å². The lowest BCUT2D eigenvalue weighted by molar-refractivity contribution is -0.115. The van der Waals surface area contributed by atoms with Crippen LogP contribution in [0.15, 0.2) is 29.2 Å². The minimum absolute atomic E-state index is 0.248. The fourth-order valence-corrected chi connectivity index (χ4v) is 3.14. The van der Waals surface area contributed by atoms with Gasteiger partial charge in [-0.2, -0.15) is 0 Å². The molecule has 1 unspecified atom stereocenters. The van der Waals surface area contributed by atoms with E-state index in [-0.39, 0.29) is 5.15 Å². The molecule has 0 fully saturated rings. The highest BCUT2D eigenvalue weighted by atomic mass is 35.5. The van der Waals surface area contributed by atoms with E-state index in [1.165, 1.54) is 5.01 Å². The number of hydrogen-bond donors (Lipinski definition) is 2. The van der Waals surface area contributed by atoms with Crippen molar-refractivity contribution in [3.63, 3.8) is 0 Å². The summed E-state index contributed by atoms with van der Waals surface area (Å²) in [4.78, 5) is 15.5. The third-order valence-electron chi connectivity index (χ3n) is 3.20. The second-order valence-electron chi connectivity index (χ2n) is 5.01. The molecule has 128 valence electrons. The van der Waals surface area contributed by atoms with Gasteiger partial charge in [0.05, 0.1) is 21.4 Å². The van der Waals surface area contributed by atoms with E-state index in [4.69, 9.17) is 23.2 Å². The van der Waals surface area contributed by atoms with Gasteiger partial charge in [-0.05, 0) is 31.2 Å². The van der Waals surface area contributed by atoms with Crippen molar-refractivity contribution in [3.8, 4) is 0 Å². The standard InChI is InChI=1S/C15H16Cl2N4O2S/c1-9-12(7-14(17)19-15(9)20-21(2)8-22)18-11-5-4-10(16)6-13(11)24(3)23/h4-8H,1-3H3,(H2,18,19,20). The first-order chi connectivity index (χ1) is 11.3. The fourth-order valence-electron chi connectivity index (χ4n) is 1.99. The molecule has 1 aromatic heterocycles. The number of pyridine rings is 1. The predicted molar refractivity (Wildman–Crippen MR) is 98.5 cm³/mol. The van der Waals surface area contributed by atoms with Crippen LogP contribution >= 0.6 is 23.2 Å². The first-order valence-corrected chi connectivity index (χ1v) is 9.15. The summed E-state index contributed by atoms with van der Waals surface area (Å²) in [5.74, 6) is 0.438. The van der Waals surface area contributed by atoms with Crippen molar-refractivity contribution in [3.05, 3.63) is 40.0 Å². The molecule has 24 heavy (non-hydrogen) atoms. The smallest absolute Gasteiger partial charge is 0.227 e. The first-order valence-electron chi connectivity index (χ1n) is 6.83. The Bertz CT molecular complexity index is 801. The number of anilines is 3. The number of carbonyl (C=O) groups excluding carboxylic acids is 1. The van der Waals surface area contributed by atoms with E-state index in [1.807, 2.05) is 6.92 Å². The lowest BCUT2D eigenvalue weighted by Crippen LogP contribution is -2.24. The molecule has 1 heterocycles. The topological polar surface area (TPSA) is 74.3 Å². The zero-order valence-corrected chi connectivity index (χ0v) is 15.6. The maximum atomic E-state index is 11.9. The van der Waals surface area contributed by atoms with E-state index in [0.29, 0.717) is 33.5 Å². The fraction of sp³-hybridized carbons (Fsp3) is 0.200. The van der Waals surface area contributed by atoms with Crippen LogP contribution in [0, 0.1) is 6.92 Å². The first kappa shape index (κ1) is 18.5. The summed E-state index contributed by atoms with van der Waals surface area (Å²) < 4.78 is 11.9. The zero-order chi connectivity index (χ0) is 17.9. The summed E-state index contributed by atoms with van der Waals surface area (Å²) in [6.07, 6.45) is 2.20. The second kappa shape index (κ2) is 7.83. The predicted octanol–water partition coefficient (Wildman–Crippen LogP) is 3.59. The van der Waals surface area contributed by atoms with Crippen molar-refractivity contribution in [1.29, 1.82) is 0 Å². The van der Waals surface area contributed by atoms with Gasteiger partial charge >= 0.3 is 0 Å². The van der Waals surface area contributed by atoms with E-state index < -0.39 is 10.8 Å². The quantitative estimate of drug-likeness (QED) is 0.450. The number of aromatic nitrogens is 1. The van der Waals surface area contributed by atoms with Crippen molar-refractivity contribution >= 4 is 57.6 Å². The number of hydrogen-bond acceptors (Lipinski definition) is 5. The highest BCUT2D eigenvalue weighted by Gasteiger charge is 2.13. The van der Waals surface area contributed by atoms with Gasteiger partial charge in [-0.25, -0.2) is 4.98 Å². The maximum absolute atomic E-state index is 11.9. The summed E-state index contributed by atoms with van der Waals surface area (Å²) >= 11 is 12.0. The number of nitrogens with one attached hydrogen (secondary N) is 2. The van der Waals surface area contributed by atoms with Gasteiger partial charge in [0.15, 0.2) is 5.82 Å². The molecule has 2 N–H and O–H groups in total. The highest BCUT2D eigenvalue weighted by Crippen LogP contribution is 2.31. The number of nitrogens with zero attached hydrogens (tertiary/aromatic N) is 2. The molecule has 1 atom stereocenters. The minimum atomic E-state index is -1.22. The van der Waals surface area contributed by atoms with Crippen LogP contribution in [0.4, 0.5) is 17.2 Å². The summed E-state index contributed by atoms with van der Waals surface area (Å²) in [5, 5.41) is 5.18. The molecule has 0 aliphatic rings. The lowest BCUT2D eigenvalue weighted by atomic mass is 10.2. The molecule has 9 heteroatoms. The Kier molecular flexibility index (Phi) is 6.04. The van der Waals surface area contributed by atoms with Crippen LogP contribution in [0.25, 0.3) is 0 Å². The number of amides is 1. The Balaban J connectivity index is 2.44. The SMILES string of the molecule is Cc1c(Nc2ccc(Cl)cc2S(C)=O)cc(Cl)nc1NN(C)C=O. The number of carbonyl (C=O) groups is 1. The van der Waals surface area contributed by atoms with Gasteiger partial charge in [0, 0.05) is 29.6 Å². The maximum Gasteiger partial charge on any atom is 0.227 e. The average Bonchev–Trinajstić information content (AvgIpc) is 2.53. The summed E-state index contributed by atoms with van der Waals surface area (Å²) in [6, 6.07) is 6.76. The van der Waals surface area contributed by atoms with Gasteiger partial charge in [0.2, 0.25) is 6.41 Å². The molecule has 0 saturated carbocycles. The monoisotopic (exact) mass is 386 g/mol. The van der Waals surface area contributed by atoms with Gasteiger partial charge in [-0.3, -0.25) is 19.4 Å². The van der Waals surface area contributed by atoms with Crippen LogP contribution in [0.2, 0.25) is 10.2 Å². The van der Waals surface area contributed by atoms with E-state index in [0.717, 1.165) is 5.56 Å². The molecule has 0 bridgehead atoms. The number of hydrazine groups is 1. The zero-order valence-electron chi connectivity index (χ0n) is 13.3.